The molecule has 0 unspecified atom stereocenters. The number of para-hydroxylation sites is 1. The van der Waals surface area contributed by atoms with E-state index in [-0.39, 0.29) is 34.0 Å². The fourth-order valence-electron chi connectivity index (χ4n) is 1.30. The first-order chi connectivity index (χ1) is 6.84. The van der Waals surface area contributed by atoms with Crippen LogP contribution < -0.4 is 38.7 Å². The average molecular weight is 344 g/mol. The van der Waals surface area contributed by atoms with E-state index in [1.54, 1.807) is 0 Å². The van der Waals surface area contributed by atoms with E-state index in [1.165, 1.54) is 5.56 Å². The van der Waals surface area contributed by atoms with Gasteiger partial charge in [-0.25, -0.2) is 0 Å². The van der Waals surface area contributed by atoms with Gasteiger partial charge in [-0.3, -0.25) is 0 Å². The number of hydrogen-bond acceptors (Lipinski definition) is 1. The summed E-state index contributed by atoms with van der Waals surface area (Å²) in [5.74, 6) is 1.76. The summed E-state index contributed by atoms with van der Waals surface area (Å²) in [6.45, 7) is 2.05. The van der Waals surface area contributed by atoms with Crippen molar-refractivity contribution in [1.82, 2.24) is 0 Å². The molecule has 0 bridgehead atoms. The van der Waals surface area contributed by atoms with Crippen LogP contribution in [0.15, 0.2) is 54.6 Å². The van der Waals surface area contributed by atoms with E-state index < -0.39 is 0 Å². The van der Waals surface area contributed by atoms with Crippen LogP contribution >= 0.6 is 0 Å². The number of ether oxygens (including phenoxy) is 1. The van der Waals surface area contributed by atoms with E-state index in [0.717, 1.165) is 11.5 Å². The second kappa shape index (κ2) is 7.47. The highest BCUT2D eigenvalue weighted by Gasteiger charge is 1.95. The van der Waals surface area contributed by atoms with Crippen molar-refractivity contribution >= 4 is 0 Å². The maximum Gasteiger partial charge on any atom is 0.127 e. The lowest BCUT2D eigenvalue weighted by Gasteiger charge is -2.05. The van der Waals surface area contributed by atoms with E-state index in [9.17, 15) is 0 Å². The highest BCUT2D eigenvalue weighted by atomic mass is 79.9. The fraction of sp³-hybridized carbons (Fsp3) is 0.0769. The molecule has 0 N–H and O–H groups in total. The molecule has 0 spiro atoms. The van der Waals surface area contributed by atoms with Gasteiger partial charge in [-0.2, -0.15) is 0 Å². The molecule has 1 nitrogen and oxygen atoms in total. The Balaban J connectivity index is 0.00000112. The summed E-state index contributed by atoms with van der Waals surface area (Å²) >= 11 is 0. The van der Waals surface area contributed by atoms with E-state index in [0.29, 0.717) is 0 Å². The minimum absolute atomic E-state index is 0. The van der Waals surface area contributed by atoms with Crippen LogP contribution in [0.3, 0.4) is 0 Å². The molecule has 0 saturated heterocycles. The van der Waals surface area contributed by atoms with Crippen LogP contribution in [0, 0.1) is 6.92 Å². The Morgan fingerprint density at radius 3 is 2.00 bits per heavy atom. The van der Waals surface area contributed by atoms with Crippen LogP contribution in [0.4, 0.5) is 0 Å². The van der Waals surface area contributed by atoms with Gasteiger partial charge in [-0.05, 0) is 36.8 Å². The molecule has 3 heteroatoms. The summed E-state index contributed by atoms with van der Waals surface area (Å²) < 4.78 is 5.66. The molecule has 16 heavy (non-hydrogen) atoms. The first kappa shape index (κ1) is 15.2. The molecule has 86 valence electrons. The molecule has 2 rings (SSSR count). The lowest BCUT2D eigenvalue weighted by molar-refractivity contribution is -0.001000. The summed E-state index contributed by atoms with van der Waals surface area (Å²) in [7, 11) is 0. The molecule has 0 radical (unpaired) electrons. The highest BCUT2D eigenvalue weighted by molar-refractivity contribution is 5.33. The monoisotopic (exact) mass is 342 g/mol. The van der Waals surface area contributed by atoms with Crippen molar-refractivity contribution in [2.75, 3.05) is 0 Å². The Kier molecular flexibility index (Phi) is 7.10. The topological polar surface area (TPSA) is 9.23 Å². The summed E-state index contributed by atoms with van der Waals surface area (Å²) in [5, 5.41) is 0. The Morgan fingerprint density at radius 1 is 0.750 bits per heavy atom. The van der Waals surface area contributed by atoms with Crippen LogP contribution in [0.25, 0.3) is 0 Å². The first-order valence-electron chi connectivity index (χ1n) is 4.64. The molecule has 0 aliphatic carbocycles. The molecule has 2 aromatic carbocycles. The van der Waals surface area contributed by atoms with Crippen molar-refractivity contribution in [3.05, 3.63) is 60.2 Å². The van der Waals surface area contributed by atoms with Crippen molar-refractivity contribution in [2.45, 2.75) is 6.92 Å². The van der Waals surface area contributed by atoms with Gasteiger partial charge in [0.05, 0.1) is 0 Å². The lowest BCUT2D eigenvalue weighted by Crippen LogP contribution is -3.00. The molecule has 0 aliphatic heterocycles. The lowest BCUT2D eigenvalue weighted by atomic mass is 10.2. The van der Waals surface area contributed by atoms with Crippen LogP contribution in [0.2, 0.25) is 0 Å². The van der Waals surface area contributed by atoms with E-state index >= 15 is 0 Å². The molecule has 0 fully saturated rings. The summed E-state index contributed by atoms with van der Waals surface area (Å²) in [4.78, 5) is 0. The molecule has 0 saturated carbocycles. The Hall–Kier alpha value is -0.800. The Labute approximate surface area is 117 Å². The molecule has 0 atom stereocenters. The predicted octanol–water partition coefficient (Wildman–Crippen LogP) is -2.20. The molecular formula is C13H12Br2O-2. The largest absolute Gasteiger partial charge is 1.00 e. The van der Waals surface area contributed by atoms with Crippen LogP contribution in [0.1, 0.15) is 5.56 Å². The molecular weight excluding hydrogens is 332 g/mol. The minimum Gasteiger partial charge on any atom is -1.00 e. The van der Waals surface area contributed by atoms with Crippen molar-refractivity contribution in [2.24, 2.45) is 0 Å². The normalized spacial score (nSPS) is 8.56. The third-order valence-electron chi connectivity index (χ3n) is 1.97. The molecule has 0 amide bonds. The van der Waals surface area contributed by atoms with Crippen LogP contribution in [-0.2, 0) is 0 Å². The first-order valence-corrected chi connectivity index (χ1v) is 4.64. The quantitative estimate of drug-likeness (QED) is 0.601. The Morgan fingerprint density at radius 2 is 1.38 bits per heavy atom. The molecule has 0 aliphatic rings. The summed E-state index contributed by atoms with van der Waals surface area (Å²) in [5.41, 5.74) is 1.21. The third kappa shape index (κ3) is 4.37. The zero-order valence-corrected chi connectivity index (χ0v) is 12.0. The number of halogens is 2. The second-order valence-corrected chi connectivity index (χ2v) is 3.23. The van der Waals surface area contributed by atoms with Crippen LogP contribution in [0.5, 0.6) is 11.5 Å². The number of hydrogen-bond donors (Lipinski definition) is 0. The van der Waals surface area contributed by atoms with Crippen LogP contribution in [-0.4, -0.2) is 0 Å². The SMILES string of the molecule is Cc1cccc(Oc2ccccc2)c1.[Br-].[Br-]. The average Bonchev–Trinajstić information content (AvgIpc) is 2.19. The van der Waals surface area contributed by atoms with Gasteiger partial charge in [-0.1, -0.05) is 30.3 Å². The standard InChI is InChI=1S/C13H12O.2BrH/c1-11-6-5-9-13(10-11)14-12-7-3-2-4-8-12;;/h2-10H,1H3;2*1H/p-2. The number of benzene rings is 2. The number of aryl methyl sites for hydroxylation is 1. The van der Waals surface area contributed by atoms with Crippen molar-refractivity contribution < 1.29 is 38.7 Å². The van der Waals surface area contributed by atoms with Gasteiger partial charge in [0.1, 0.15) is 11.5 Å². The van der Waals surface area contributed by atoms with Gasteiger partial charge >= 0.3 is 0 Å². The van der Waals surface area contributed by atoms with Gasteiger partial charge in [-0.15, -0.1) is 0 Å². The van der Waals surface area contributed by atoms with Gasteiger partial charge in [0.15, 0.2) is 0 Å². The highest BCUT2D eigenvalue weighted by Crippen LogP contribution is 2.21. The van der Waals surface area contributed by atoms with Gasteiger partial charge in [0.25, 0.3) is 0 Å². The van der Waals surface area contributed by atoms with E-state index in [1.807, 2.05) is 48.5 Å². The Bertz CT molecular complexity index is 415. The van der Waals surface area contributed by atoms with Gasteiger partial charge in [0.2, 0.25) is 0 Å². The number of rotatable bonds is 2. The minimum atomic E-state index is 0. The molecule has 0 aromatic heterocycles. The smallest absolute Gasteiger partial charge is 0.127 e. The van der Waals surface area contributed by atoms with E-state index in [4.69, 9.17) is 4.74 Å². The maximum atomic E-state index is 5.66. The van der Waals surface area contributed by atoms with Crippen molar-refractivity contribution in [3.63, 3.8) is 0 Å². The predicted molar refractivity (Wildman–Crippen MR) is 57.7 cm³/mol. The van der Waals surface area contributed by atoms with Crippen molar-refractivity contribution in [1.29, 1.82) is 0 Å². The maximum absolute atomic E-state index is 5.66. The third-order valence-corrected chi connectivity index (χ3v) is 1.97. The second-order valence-electron chi connectivity index (χ2n) is 3.23. The summed E-state index contributed by atoms with van der Waals surface area (Å²) in [6, 6.07) is 17.8. The molecule has 2 aromatic rings. The van der Waals surface area contributed by atoms with Gasteiger partial charge < -0.3 is 38.7 Å². The van der Waals surface area contributed by atoms with Crippen molar-refractivity contribution in [3.8, 4) is 11.5 Å². The zero-order chi connectivity index (χ0) is 9.80. The van der Waals surface area contributed by atoms with Gasteiger partial charge in [0, 0.05) is 0 Å². The fourth-order valence-corrected chi connectivity index (χ4v) is 1.30. The molecule has 0 heterocycles. The zero-order valence-electron chi connectivity index (χ0n) is 8.86. The van der Waals surface area contributed by atoms with E-state index in [2.05, 4.69) is 13.0 Å². The summed E-state index contributed by atoms with van der Waals surface area (Å²) in [6.07, 6.45) is 0.